The quantitative estimate of drug-likeness (QED) is 0.239. The smallest absolute Gasteiger partial charge is 0.293 e. The topological polar surface area (TPSA) is 117 Å². The number of nitrogens with one attached hydrogen (secondary N) is 3. The van der Waals surface area contributed by atoms with Crippen LogP contribution in [0.25, 0.3) is 22.2 Å². The summed E-state index contributed by atoms with van der Waals surface area (Å²) in [5, 5.41) is 7.60. The number of H-pyrrole nitrogens is 1. The molecule has 1 aliphatic rings. The highest BCUT2D eigenvalue weighted by Gasteiger charge is 2.23. The number of aryl methyl sites for hydroxylation is 1. The van der Waals surface area contributed by atoms with Gasteiger partial charge in [-0.15, -0.1) is 4.73 Å². The first kappa shape index (κ1) is 28.9. The van der Waals surface area contributed by atoms with E-state index in [0.717, 1.165) is 41.3 Å². The molecule has 4 heterocycles. The highest BCUT2D eigenvalue weighted by molar-refractivity contribution is 6.39. The highest BCUT2D eigenvalue weighted by atomic mass is 35.5. The zero-order valence-corrected chi connectivity index (χ0v) is 24.8. The molecule has 0 bridgehead atoms. The molecule has 1 amide bonds. The third-order valence-corrected chi connectivity index (χ3v) is 8.01. The first-order valence-corrected chi connectivity index (χ1v) is 14.5. The van der Waals surface area contributed by atoms with Crippen LogP contribution < -0.4 is 21.0 Å². The SMILES string of the molecule is CCc1[nH]c(C(=O)NCCN2CCCC2)c(CC)c1Nc1ncc2cc(-c3c(Cl)cccc3Cl)c(=O)n(OC)c2n1. The Hall–Kier alpha value is -3.60. The maximum Gasteiger partial charge on any atom is 0.293 e. The van der Waals surface area contributed by atoms with Crippen LogP contribution in [0, 0.1) is 0 Å². The average Bonchev–Trinajstić information content (AvgIpc) is 3.61. The average molecular weight is 599 g/mol. The molecule has 10 nitrogen and oxygen atoms in total. The minimum Gasteiger partial charge on any atom is -0.412 e. The Kier molecular flexibility index (Phi) is 8.82. The number of fused-ring (bicyclic) bond motifs is 1. The number of hydrogen-bond donors (Lipinski definition) is 3. The van der Waals surface area contributed by atoms with E-state index in [1.54, 1.807) is 30.5 Å². The molecule has 3 aromatic heterocycles. The van der Waals surface area contributed by atoms with Crippen LogP contribution in [-0.4, -0.2) is 63.8 Å². The molecule has 3 N–H and O–H groups in total. The molecule has 0 aliphatic carbocycles. The molecular weight excluding hydrogens is 565 g/mol. The molecular formula is C29H33Cl2N7O3. The summed E-state index contributed by atoms with van der Waals surface area (Å²) < 4.78 is 1.09. The van der Waals surface area contributed by atoms with Gasteiger partial charge in [0.15, 0.2) is 5.65 Å². The van der Waals surface area contributed by atoms with E-state index in [1.165, 1.54) is 20.0 Å². The van der Waals surface area contributed by atoms with Gasteiger partial charge in [-0.25, -0.2) is 4.98 Å². The number of likely N-dealkylation sites (tertiary alicyclic amines) is 1. The zero-order valence-electron chi connectivity index (χ0n) is 23.3. The minimum absolute atomic E-state index is 0.137. The largest absolute Gasteiger partial charge is 0.412 e. The second-order valence-corrected chi connectivity index (χ2v) is 10.7. The summed E-state index contributed by atoms with van der Waals surface area (Å²) in [5.74, 6) is 0.123. The maximum absolute atomic E-state index is 13.4. The zero-order chi connectivity index (χ0) is 29.1. The van der Waals surface area contributed by atoms with Crippen LogP contribution in [0.1, 0.15) is 48.4 Å². The molecule has 12 heteroatoms. The number of carbonyl (C=O) groups is 1. The Morgan fingerprint density at radius 3 is 2.54 bits per heavy atom. The predicted molar refractivity (Wildman–Crippen MR) is 163 cm³/mol. The second kappa shape index (κ2) is 12.5. The van der Waals surface area contributed by atoms with Gasteiger partial charge in [-0.05, 0) is 57.0 Å². The van der Waals surface area contributed by atoms with Crippen LogP contribution in [0.2, 0.25) is 10.0 Å². The fourth-order valence-electron chi connectivity index (χ4n) is 5.33. The van der Waals surface area contributed by atoms with Crippen LogP contribution >= 0.6 is 23.2 Å². The number of nitrogens with zero attached hydrogens (tertiary/aromatic N) is 4. The molecule has 216 valence electrons. The summed E-state index contributed by atoms with van der Waals surface area (Å²) >= 11 is 12.8. The summed E-state index contributed by atoms with van der Waals surface area (Å²) in [6.45, 7) is 7.62. The van der Waals surface area contributed by atoms with Gasteiger partial charge in [0.2, 0.25) is 5.95 Å². The van der Waals surface area contributed by atoms with Gasteiger partial charge in [-0.3, -0.25) is 9.59 Å². The molecule has 0 atom stereocenters. The van der Waals surface area contributed by atoms with Crippen molar-refractivity contribution in [2.24, 2.45) is 0 Å². The van der Waals surface area contributed by atoms with Crippen molar-refractivity contribution in [2.45, 2.75) is 39.5 Å². The first-order valence-electron chi connectivity index (χ1n) is 13.8. The standard InChI is InChI=1S/C29H33Cl2N7O3/c1-4-18-24(22(5-2)34-25(18)27(39)32-11-14-37-12-6-7-13-37)35-29-33-16-17-15-19(23-20(30)9-8-10-21(23)31)28(40)38(41-3)26(17)36-29/h8-10,15-16,34H,4-7,11-14H2,1-3H3,(H,32,39)(H,33,35,36). The molecule has 1 aromatic carbocycles. The summed E-state index contributed by atoms with van der Waals surface area (Å²) in [7, 11) is 1.39. The maximum atomic E-state index is 13.4. The van der Waals surface area contributed by atoms with Gasteiger partial charge < -0.3 is 25.4 Å². The van der Waals surface area contributed by atoms with Gasteiger partial charge in [0, 0.05) is 41.5 Å². The number of benzene rings is 1. The third kappa shape index (κ3) is 5.77. The lowest BCUT2D eigenvalue weighted by atomic mass is 10.1. The number of anilines is 2. The highest BCUT2D eigenvalue weighted by Crippen LogP contribution is 2.34. The number of aromatic amines is 1. The molecule has 41 heavy (non-hydrogen) atoms. The van der Waals surface area contributed by atoms with E-state index in [2.05, 4.69) is 30.5 Å². The minimum atomic E-state index is -0.460. The van der Waals surface area contributed by atoms with E-state index in [4.69, 9.17) is 28.0 Å². The van der Waals surface area contributed by atoms with Crippen LogP contribution in [0.15, 0.2) is 35.3 Å². The number of aromatic nitrogens is 4. The molecule has 0 unspecified atom stereocenters. The Labute approximate surface area is 248 Å². The lowest BCUT2D eigenvalue weighted by Crippen LogP contribution is -2.34. The number of amides is 1. The van der Waals surface area contributed by atoms with E-state index in [0.29, 0.717) is 46.1 Å². The van der Waals surface area contributed by atoms with Gasteiger partial charge in [-0.1, -0.05) is 43.1 Å². The Morgan fingerprint density at radius 1 is 1.15 bits per heavy atom. The molecule has 5 rings (SSSR count). The van der Waals surface area contributed by atoms with Crippen molar-refractivity contribution in [1.29, 1.82) is 0 Å². The van der Waals surface area contributed by atoms with Gasteiger partial charge in [0.05, 0.1) is 21.3 Å². The summed E-state index contributed by atoms with van der Waals surface area (Å²) in [6, 6.07) is 6.70. The normalized spacial score (nSPS) is 13.6. The number of pyridine rings is 1. The van der Waals surface area contributed by atoms with E-state index in [9.17, 15) is 9.59 Å². The van der Waals surface area contributed by atoms with Crippen molar-refractivity contribution < 1.29 is 9.63 Å². The monoisotopic (exact) mass is 597 g/mol. The van der Waals surface area contributed by atoms with Crippen LogP contribution in [0.3, 0.4) is 0 Å². The molecule has 1 aliphatic heterocycles. The van der Waals surface area contributed by atoms with E-state index < -0.39 is 5.56 Å². The van der Waals surface area contributed by atoms with Crippen molar-refractivity contribution in [3.05, 3.63) is 67.8 Å². The number of rotatable bonds is 10. The summed E-state index contributed by atoms with van der Waals surface area (Å²) in [6.07, 6.45) is 5.31. The molecule has 1 saturated heterocycles. The van der Waals surface area contributed by atoms with E-state index in [-0.39, 0.29) is 23.1 Å². The summed E-state index contributed by atoms with van der Waals surface area (Å²) in [5.41, 5.74) is 3.49. The van der Waals surface area contributed by atoms with Crippen molar-refractivity contribution in [2.75, 3.05) is 38.6 Å². The molecule has 0 saturated carbocycles. The van der Waals surface area contributed by atoms with Crippen LogP contribution in [-0.2, 0) is 12.8 Å². The van der Waals surface area contributed by atoms with Crippen molar-refractivity contribution >= 4 is 51.8 Å². The number of hydrogen-bond acceptors (Lipinski definition) is 7. The Morgan fingerprint density at radius 2 is 1.88 bits per heavy atom. The number of halogens is 2. The second-order valence-electron chi connectivity index (χ2n) is 9.88. The summed E-state index contributed by atoms with van der Waals surface area (Å²) in [4.78, 5) is 46.8. The van der Waals surface area contributed by atoms with Gasteiger partial charge >= 0.3 is 0 Å². The van der Waals surface area contributed by atoms with Gasteiger partial charge in [0.1, 0.15) is 12.8 Å². The third-order valence-electron chi connectivity index (χ3n) is 7.38. The fourth-order valence-corrected chi connectivity index (χ4v) is 5.93. The van der Waals surface area contributed by atoms with Crippen molar-refractivity contribution in [3.63, 3.8) is 0 Å². The van der Waals surface area contributed by atoms with Gasteiger partial charge in [0.25, 0.3) is 11.5 Å². The fraction of sp³-hybridized carbons (Fsp3) is 0.379. The lowest BCUT2D eigenvalue weighted by molar-refractivity contribution is 0.0944. The van der Waals surface area contributed by atoms with Gasteiger partial charge in [-0.2, -0.15) is 4.98 Å². The lowest BCUT2D eigenvalue weighted by Gasteiger charge is -2.15. The van der Waals surface area contributed by atoms with E-state index in [1.807, 2.05) is 13.8 Å². The molecule has 4 aromatic rings. The molecule has 0 spiro atoms. The Bertz CT molecular complexity index is 1620. The van der Waals surface area contributed by atoms with E-state index >= 15 is 0 Å². The first-order chi connectivity index (χ1) is 19.9. The van der Waals surface area contributed by atoms with Crippen molar-refractivity contribution in [3.8, 4) is 11.1 Å². The predicted octanol–water partition coefficient (Wildman–Crippen LogP) is 4.85. The van der Waals surface area contributed by atoms with Crippen molar-refractivity contribution in [1.82, 2.24) is 29.9 Å². The molecule has 0 radical (unpaired) electrons. The Balaban J connectivity index is 1.47. The van der Waals surface area contributed by atoms with Crippen LogP contribution in [0.4, 0.5) is 11.6 Å². The van der Waals surface area contributed by atoms with Crippen LogP contribution in [0.5, 0.6) is 0 Å². The number of carbonyl (C=O) groups excluding carboxylic acids is 1. The molecule has 1 fully saturated rings.